The van der Waals surface area contributed by atoms with E-state index in [1.54, 1.807) is 31.2 Å². The van der Waals surface area contributed by atoms with Gasteiger partial charge in [-0.3, -0.25) is 9.59 Å². The zero-order valence-electron chi connectivity index (χ0n) is 20.2. The van der Waals surface area contributed by atoms with Gasteiger partial charge in [0.1, 0.15) is 5.75 Å². The molecule has 5 nitrogen and oxygen atoms in total. The maximum absolute atomic E-state index is 12.7. The Morgan fingerprint density at radius 1 is 0.848 bits per heavy atom. The van der Waals surface area contributed by atoms with Gasteiger partial charge in [0.05, 0.1) is 0 Å². The summed E-state index contributed by atoms with van der Waals surface area (Å²) in [5.41, 5.74) is 5.07. The summed E-state index contributed by atoms with van der Waals surface area (Å²) in [6.45, 7) is 12.1. The summed E-state index contributed by atoms with van der Waals surface area (Å²) in [5, 5.41) is 5.75. The molecule has 3 aromatic rings. The summed E-state index contributed by atoms with van der Waals surface area (Å²) in [6, 6.07) is 20.4. The van der Waals surface area contributed by atoms with Crippen molar-refractivity contribution in [1.82, 2.24) is 0 Å². The van der Waals surface area contributed by atoms with Crippen LogP contribution in [0, 0.1) is 13.8 Å². The molecule has 0 saturated heterocycles. The smallest absolute Gasteiger partial charge is 0.265 e. The molecule has 0 aliphatic rings. The Morgan fingerprint density at radius 3 is 2.09 bits per heavy atom. The van der Waals surface area contributed by atoms with E-state index < -0.39 is 6.10 Å². The van der Waals surface area contributed by atoms with Gasteiger partial charge in [-0.25, -0.2) is 0 Å². The van der Waals surface area contributed by atoms with Gasteiger partial charge in [-0.2, -0.15) is 0 Å². The number of carbonyl (C=O) groups is 2. The average molecular weight is 445 g/mol. The Kier molecular flexibility index (Phi) is 7.22. The lowest BCUT2D eigenvalue weighted by Crippen LogP contribution is -2.30. The maximum atomic E-state index is 12.7. The Hall–Kier alpha value is -3.60. The lowest BCUT2D eigenvalue weighted by Gasteiger charge is -2.19. The first kappa shape index (κ1) is 24.1. The molecule has 0 radical (unpaired) electrons. The van der Waals surface area contributed by atoms with Gasteiger partial charge in [0.25, 0.3) is 11.8 Å². The van der Waals surface area contributed by atoms with Crippen molar-refractivity contribution in [2.24, 2.45) is 0 Å². The highest BCUT2D eigenvalue weighted by atomic mass is 16.5. The summed E-state index contributed by atoms with van der Waals surface area (Å²) >= 11 is 0. The molecule has 3 aromatic carbocycles. The molecule has 0 saturated carbocycles. The molecule has 0 aliphatic carbocycles. The molecule has 0 heterocycles. The number of nitrogens with one attached hydrogen (secondary N) is 2. The molecule has 0 bridgehead atoms. The number of carbonyl (C=O) groups excluding carboxylic acids is 2. The van der Waals surface area contributed by atoms with Crippen molar-refractivity contribution in [2.75, 3.05) is 10.6 Å². The summed E-state index contributed by atoms with van der Waals surface area (Å²) < 4.78 is 5.86. The minimum absolute atomic E-state index is 0.0282. The highest BCUT2D eigenvalue weighted by molar-refractivity contribution is 6.04. The van der Waals surface area contributed by atoms with E-state index in [4.69, 9.17) is 4.74 Å². The van der Waals surface area contributed by atoms with E-state index in [9.17, 15) is 9.59 Å². The molecule has 2 amide bonds. The minimum atomic E-state index is -0.676. The van der Waals surface area contributed by atoms with Crippen LogP contribution in [0.5, 0.6) is 5.75 Å². The van der Waals surface area contributed by atoms with Gasteiger partial charge < -0.3 is 15.4 Å². The number of benzene rings is 3. The highest BCUT2D eigenvalue weighted by Gasteiger charge is 2.17. The zero-order valence-corrected chi connectivity index (χ0v) is 20.2. The number of ether oxygens (including phenoxy) is 1. The fourth-order valence-electron chi connectivity index (χ4n) is 3.34. The van der Waals surface area contributed by atoms with Gasteiger partial charge in [0.2, 0.25) is 0 Å². The molecule has 0 unspecified atom stereocenters. The van der Waals surface area contributed by atoms with E-state index in [1.807, 2.05) is 56.3 Å². The van der Waals surface area contributed by atoms with Crippen LogP contribution in [0.25, 0.3) is 0 Å². The van der Waals surface area contributed by atoms with Crippen molar-refractivity contribution >= 4 is 23.2 Å². The molecule has 0 spiro atoms. The Bertz CT molecular complexity index is 1140. The van der Waals surface area contributed by atoms with Gasteiger partial charge >= 0.3 is 0 Å². The van der Waals surface area contributed by atoms with Crippen molar-refractivity contribution in [2.45, 2.75) is 53.1 Å². The summed E-state index contributed by atoms with van der Waals surface area (Å²) in [6.07, 6.45) is -0.676. The van der Waals surface area contributed by atoms with E-state index in [2.05, 4.69) is 31.4 Å². The van der Waals surface area contributed by atoms with Crippen LogP contribution in [0.4, 0.5) is 11.4 Å². The number of amides is 2. The number of hydrogen-bond acceptors (Lipinski definition) is 3. The monoisotopic (exact) mass is 444 g/mol. The van der Waals surface area contributed by atoms with E-state index in [0.29, 0.717) is 22.7 Å². The molecule has 3 rings (SSSR count). The summed E-state index contributed by atoms with van der Waals surface area (Å²) in [7, 11) is 0. The molecular formula is C28H32N2O3. The zero-order chi connectivity index (χ0) is 24.2. The first-order valence-electron chi connectivity index (χ1n) is 11.1. The second kappa shape index (κ2) is 9.90. The fraction of sp³-hybridized carbons (Fsp3) is 0.286. The van der Waals surface area contributed by atoms with Crippen LogP contribution in [0.2, 0.25) is 0 Å². The first-order valence-corrected chi connectivity index (χ1v) is 11.1. The summed E-state index contributed by atoms with van der Waals surface area (Å²) in [5.74, 6) is 0.221. The van der Waals surface area contributed by atoms with Crippen LogP contribution in [0.1, 0.15) is 54.7 Å². The van der Waals surface area contributed by atoms with E-state index in [0.717, 1.165) is 11.1 Å². The molecular weight excluding hydrogens is 412 g/mol. The molecule has 0 aliphatic heterocycles. The van der Waals surface area contributed by atoms with Crippen LogP contribution in [-0.4, -0.2) is 17.9 Å². The Morgan fingerprint density at radius 2 is 1.45 bits per heavy atom. The van der Waals surface area contributed by atoms with E-state index >= 15 is 0 Å². The predicted molar refractivity (Wildman–Crippen MR) is 134 cm³/mol. The van der Waals surface area contributed by atoms with Crippen molar-refractivity contribution in [3.63, 3.8) is 0 Å². The van der Waals surface area contributed by atoms with Crippen LogP contribution in [0.15, 0.2) is 66.7 Å². The first-order chi connectivity index (χ1) is 15.5. The maximum Gasteiger partial charge on any atom is 0.265 e. The van der Waals surface area contributed by atoms with Crippen molar-refractivity contribution in [3.05, 3.63) is 89.0 Å². The van der Waals surface area contributed by atoms with Gasteiger partial charge in [0.15, 0.2) is 6.10 Å². The minimum Gasteiger partial charge on any atom is -0.481 e. The van der Waals surface area contributed by atoms with E-state index in [1.165, 1.54) is 5.56 Å². The lowest BCUT2D eigenvalue weighted by molar-refractivity contribution is -0.122. The molecule has 33 heavy (non-hydrogen) atoms. The third-order valence-electron chi connectivity index (χ3n) is 5.63. The molecule has 0 fully saturated rings. The quantitative estimate of drug-likeness (QED) is 0.472. The van der Waals surface area contributed by atoms with Gasteiger partial charge in [-0.15, -0.1) is 0 Å². The van der Waals surface area contributed by atoms with Crippen molar-refractivity contribution < 1.29 is 14.3 Å². The van der Waals surface area contributed by atoms with Crippen LogP contribution in [-0.2, 0) is 10.2 Å². The highest BCUT2D eigenvalue weighted by Crippen LogP contribution is 2.24. The average Bonchev–Trinajstić information content (AvgIpc) is 2.76. The second-order valence-corrected chi connectivity index (χ2v) is 9.31. The van der Waals surface area contributed by atoms with Gasteiger partial charge in [-0.1, -0.05) is 51.1 Å². The Balaban J connectivity index is 1.63. The second-order valence-electron chi connectivity index (χ2n) is 9.31. The molecule has 1 atom stereocenters. The SMILES string of the molecule is Cc1cccc(O[C@H](C)C(=O)Nc2cccc(NC(=O)c3ccc(C(C)(C)C)cc3)c2)c1C. The Labute approximate surface area is 196 Å². The predicted octanol–water partition coefficient (Wildman–Crippen LogP) is 6.26. The standard InChI is InChI=1S/C28H32N2O3/c1-18-9-7-12-25(19(18)2)33-20(3)26(31)29-23-10-8-11-24(17-23)30-27(32)21-13-15-22(16-14-21)28(4,5)6/h7-17,20H,1-6H3,(H,29,31)(H,30,32)/t20-/m1/s1. The third kappa shape index (κ3) is 6.22. The van der Waals surface area contributed by atoms with Gasteiger partial charge in [-0.05, 0) is 79.3 Å². The van der Waals surface area contributed by atoms with Crippen molar-refractivity contribution in [1.29, 1.82) is 0 Å². The fourth-order valence-corrected chi connectivity index (χ4v) is 3.34. The third-order valence-corrected chi connectivity index (χ3v) is 5.63. The lowest BCUT2D eigenvalue weighted by atomic mass is 9.87. The topological polar surface area (TPSA) is 67.4 Å². The number of rotatable bonds is 6. The van der Waals surface area contributed by atoms with Crippen LogP contribution in [0.3, 0.4) is 0 Å². The van der Waals surface area contributed by atoms with E-state index in [-0.39, 0.29) is 17.2 Å². The molecule has 0 aromatic heterocycles. The van der Waals surface area contributed by atoms with Crippen molar-refractivity contribution in [3.8, 4) is 5.75 Å². The normalized spacial score (nSPS) is 12.1. The number of anilines is 2. The van der Waals surface area contributed by atoms with Crippen LogP contribution >= 0.6 is 0 Å². The molecule has 2 N–H and O–H groups in total. The number of hydrogen-bond donors (Lipinski definition) is 2. The molecule has 172 valence electrons. The molecule has 5 heteroatoms. The van der Waals surface area contributed by atoms with Gasteiger partial charge in [0, 0.05) is 16.9 Å². The summed E-state index contributed by atoms with van der Waals surface area (Å²) in [4.78, 5) is 25.3. The van der Waals surface area contributed by atoms with Crippen LogP contribution < -0.4 is 15.4 Å². The number of aryl methyl sites for hydroxylation is 1. The largest absolute Gasteiger partial charge is 0.481 e.